The highest BCUT2D eigenvalue weighted by molar-refractivity contribution is 5.86. The van der Waals surface area contributed by atoms with Gasteiger partial charge in [-0.3, -0.25) is 0 Å². The van der Waals surface area contributed by atoms with Gasteiger partial charge in [0.25, 0.3) is 0 Å². The van der Waals surface area contributed by atoms with Crippen LogP contribution in [0.3, 0.4) is 0 Å². The van der Waals surface area contributed by atoms with Crippen molar-refractivity contribution < 1.29 is 0 Å². The number of anilines is 1. The van der Waals surface area contributed by atoms with Crippen LogP contribution in [0.15, 0.2) is 48.5 Å². The standard InChI is InChI=1S/C15H16N2/c1-12-6-5-9-14(10-16)15(12)17-11-13-7-3-2-4-8-13/h2-10,16-17H,11H2,1H3. The fourth-order valence-corrected chi connectivity index (χ4v) is 1.84. The summed E-state index contributed by atoms with van der Waals surface area (Å²) < 4.78 is 0. The molecule has 0 aromatic heterocycles. The number of hydrogen-bond acceptors (Lipinski definition) is 2. The Hall–Kier alpha value is -2.09. The number of para-hydroxylation sites is 1. The fourth-order valence-electron chi connectivity index (χ4n) is 1.84. The van der Waals surface area contributed by atoms with Gasteiger partial charge in [0.2, 0.25) is 0 Å². The lowest BCUT2D eigenvalue weighted by atomic mass is 10.1. The van der Waals surface area contributed by atoms with Crippen molar-refractivity contribution in [3.63, 3.8) is 0 Å². The van der Waals surface area contributed by atoms with Gasteiger partial charge in [-0.25, -0.2) is 0 Å². The van der Waals surface area contributed by atoms with Crippen LogP contribution in [-0.2, 0) is 6.54 Å². The van der Waals surface area contributed by atoms with Gasteiger partial charge < -0.3 is 10.7 Å². The van der Waals surface area contributed by atoms with E-state index in [1.54, 1.807) is 0 Å². The molecule has 0 saturated heterocycles. The maximum Gasteiger partial charge on any atom is 0.0461 e. The number of aryl methyl sites for hydroxylation is 1. The van der Waals surface area contributed by atoms with Crippen LogP contribution in [-0.4, -0.2) is 6.21 Å². The van der Waals surface area contributed by atoms with Gasteiger partial charge in [-0.1, -0.05) is 48.5 Å². The molecule has 0 bridgehead atoms. The Morgan fingerprint density at radius 3 is 2.53 bits per heavy atom. The lowest BCUT2D eigenvalue weighted by molar-refractivity contribution is 1.14. The molecule has 0 aliphatic rings. The van der Waals surface area contributed by atoms with Crippen LogP contribution in [0.25, 0.3) is 0 Å². The van der Waals surface area contributed by atoms with Gasteiger partial charge in [0, 0.05) is 24.0 Å². The molecule has 0 amide bonds. The molecule has 0 radical (unpaired) electrons. The van der Waals surface area contributed by atoms with E-state index in [2.05, 4.69) is 30.4 Å². The molecule has 0 atom stereocenters. The fraction of sp³-hybridized carbons (Fsp3) is 0.133. The molecule has 2 heteroatoms. The van der Waals surface area contributed by atoms with E-state index < -0.39 is 0 Å². The molecule has 0 unspecified atom stereocenters. The Morgan fingerprint density at radius 1 is 1.06 bits per heavy atom. The molecule has 0 heterocycles. The highest BCUT2D eigenvalue weighted by Gasteiger charge is 2.02. The maximum atomic E-state index is 7.40. The molecule has 2 N–H and O–H groups in total. The summed E-state index contributed by atoms with van der Waals surface area (Å²) >= 11 is 0. The average Bonchev–Trinajstić information content (AvgIpc) is 2.38. The van der Waals surface area contributed by atoms with Crippen LogP contribution in [0.4, 0.5) is 5.69 Å². The van der Waals surface area contributed by atoms with Gasteiger partial charge in [0.1, 0.15) is 0 Å². The average molecular weight is 224 g/mol. The second-order valence-electron chi connectivity index (χ2n) is 4.02. The summed E-state index contributed by atoms with van der Waals surface area (Å²) in [7, 11) is 0. The van der Waals surface area contributed by atoms with Crippen molar-refractivity contribution in [2.75, 3.05) is 5.32 Å². The van der Waals surface area contributed by atoms with Gasteiger partial charge in [0.15, 0.2) is 0 Å². The van der Waals surface area contributed by atoms with Crippen molar-refractivity contribution in [1.82, 2.24) is 0 Å². The van der Waals surface area contributed by atoms with E-state index in [9.17, 15) is 0 Å². The number of benzene rings is 2. The Labute approximate surface area is 102 Å². The lowest BCUT2D eigenvalue weighted by Crippen LogP contribution is -2.03. The molecular formula is C15H16N2. The number of nitrogens with one attached hydrogen (secondary N) is 2. The summed E-state index contributed by atoms with van der Waals surface area (Å²) in [6, 6.07) is 16.3. The minimum Gasteiger partial charge on any atom is -0.380 e. The van der Waals surface area contributed by atoms with Crippen LogP contribution in [0, 0.1) is 12.3 Å². The largest absolute Gasteiger partial charge is 0.380 e. The molecule has 86 valence electrons. The van der Waals surface area contributed by atoms with Crippen LogP contribution < -0.4 is 5.32 Å². The van der Waals surface area contributed by atoms with Gasteiger partial charge in [-0.05, 0) is 18.1 Å². The molecular weight excluding hydrogens is 208 g/mol. The van der Waals surface area contributed by atoms with Crippen LogP contribution in [0.2, 0.25) is 0 Å². The first-order valence-corrected chi connectivity index (χ1v) is 5.69. The summed E-state index contributed by atoms with van der Waals surface area (Å²) in [6.45, 7) is 2.84. The molecule has 0 aliphatic carbocycles. The normalized spacial score (nSPS) is 9.94. The molecule has 17 heavy (non-hydrogen) atoms. The zero-order valence-electron chi connectivity index (χ0n) is 9.90. The van der Waals surface area contributed by atoms with E-state index in [0.29, 0.717) is 0 Å². The van der Waals surface area contributed by atoms with E-state index in [4.69, 9.17) is 5.41 Å². The van der Waals surface area contributed by atoms with Gasteiger partial charge in [-0.2, -0.15) is 0 Å². The Bertz CT molecular complexity index is 504. The SMILES string of the molecule is Cc1cccc(C=N)c1NCc1ccccc1. The van der Waals surface area contributed by atoms with E-state index >= 15 is 0 Å². The van der Waals surface area contributed by atoms with Crippen molar-refractivity contribution in [2.45, 2.75) is 13.5 Å². The third-order valence-corrected chi connectivity index (χ3v) is 2.77. The third kappa shape index (κ3) is 2.72. The molecule has 2 nitrogen and oxygen atoms in total. The summed E-state index contributed by atoms with van der Waals surface area (Å²) in [4.78, 5) is 0. The summed E-state index contributed by atoms with van der Waals surface area (Å²) in [5, 5.41) is 10.8. The molecule has 2 aromatic carbocycles. The smallest absolute Gasteiger partial charge is 0.0461 e. The summed E-state index contributed by atoms with van der Waals surface area (Å²) in [5.41, 5.74) is 4.39. The van der Waals surface area contributed by atoms with Crippen molar-refractivity contribution in [3.05, 3.63) is 65.2 Å². The molecule has 0 aliphatic heterocycles. The first-order chi connectivity index (χ1) is 8.31. The first-order valence-electron chi connectivity index (χ1n) is 5.69. The topological polar surface area (TPSA) is 35.9 Å². The molecule has 2 aromatic rings. The minimum atomic E-state index is 0.784. The second kappa shape index (κ2) is 5.30. The predicted molar refractivity (Wildman–Crippen MR) is 72.8 cm³/mol. The third-order valence-electron chi connectivity index (χ3n) is 2.77. The van der Waals surface area contributed by atoms with Crippen LogP contribution in [0.1, 0.15) is 16.7 Å². The highest BCUT2D eigenvalue weighted by Crippen LogP contribution is 2.19. The van der Waals surface area contributed by atoms with Crippen molar-refractivity contribution in [2.24, 2.45) is 0 Å². The monoisotopic (exact) mass is 224 g/mol. The summed E-state index contributed by atoms with van der Waals surface area (Å²) in [5.74, 6) is 0. The zero-order chi connectivity index (χ0) is 12.1. The molecule has 0 saturated carbocycles. The number of rotatable bonds is 4. The van der Waals surface area contributed by atoms with Gasteiger partial charge >= 0.3 is 0 Å². The van der Waals surface area contributed by atoms with Crippen LogP contribution >= 0.6 is 0 Å². The first kappa shape index (κ1) is 11.4. The Morgan fingerprint density at radius 2 is 1.82 bits per heavy atom. The van der Waals surface area contributed by atoms with E-state index in [1.807, 2.05) is 30.3 Å². The Kier molecular flexibility index (Phi) is 3.55. The second-order valence-corrected chi connectivity index (χ2v) is 4.02. The molecule has 0 spiro atoms. The highest BCUT2D eigenvalue weighted by atomic mass is 14.9. The van der Waals surface area contributed by atoms with Crippen molar-refractivity contribution >= 4 is 11.9 Å². The Balaban J connectivity index is 2.16. The van der Waals surface area contributed by atoms with E-state index in [-0.39, 0.29) is 0 Å². The maximum absolute atomic E-state index is 7.40. The van der Waals surface area contributed by atoms with E-state index in [0.717, 1.165) is 17.8 Å². The quantitative estimate of drug-likeness (QED) is 0.765. The van der Waals surface area contributed by atoms with Crippen molar-refractivity contribution in [1.29, 1.82) is 5.41 Å². The van der Waals surface area contributed by atoms with E-state index in [1.165, 1.54) is 17.3 Å². The zero-order valence-corrected chi connectivity index (χ0v) is 9.90. The predicted octanol–water partition coefficient (Wildman–Crippen LogP) is 3.60. The molecule has 0 fully saturated rings. The number of hydrogen-bond donors (Lipinski definition) is 2. The summed E-state index contributed by atoms with van der Waals surface area (Å²) in [6.07, 6.45) is 1.39. The van der Waals surface area contributed by atoms with Crippen molar-refractivity contribution in [3.8, 4) is 0 Å². The van der Waals surface area contributed by atoms with Crippen LogP contribution in [0.5, 0.6) is 0 Å². The van der Waals surface area contributed by atoms with Gasteiger partial charge in [0.05, 0.1) is 0 Å². The minimum absolute atomic E-state index is 0.784. The lowest BCUT2D eigenvalue weighted by Gasteiger charge is -2.12. The molecule has 2 rings (SSSR count). The van der Waals surface area contributed by atoms with Gasteiger partial charge in [-0.15, -0.1) is 0 Å².